The summed E-state index contributed by atoms with van der Waals surface area (Å²) in [6.07, 6.45) is 5.64. The van der Waals surface area contributed by atoms with Crippen LogP contribution in [0.5, 0.6) is 0 Å². The largest absolute Gasteiger partial charge is 0.352 e. The van der Waals surface area contributed by atoms with Crippen molar-refractivity contribution in [2.45, 2.75) is 50.6 Å². The number of rotatable bonds is 5. The average Bonchev–Trinajstić information content (AvgIpc) is 2.78. The Morgan fingerprint density at radius 2 is 2.18 bits per heavy atom. The molecule has 1 saturated carbocycles. The molecule has 0 unspecified atom stereocenters. The number of aryl methyl sites for hydroxylation is 2. The van der Waals surface area contributed by atoms with Crippen molar-refractivity contribution in [2.24, 2.45) is 13.0 Å². The van der Waals surface area contributed by atoms with Crippen LogP contribution in [0.2, 0.25) is 0 Å². The molecule has 2 rings (SSSR count). The van der Waals surface area contributed by atoms with Crippen molar-refractivity contribution in [3.63, 3.8) is 0 Å². The smallest absolute Gasteiger partial charge is 0.260 e. The van der Waals surface area contributed by atoms with Gasteiger partial charge in [0.2, 0.25) is 5.91 Å². The third kappa shape index (κ3) is 4.30. The average molecular weight is 328 g/mol. The van der Waals surface area contributed by atoms with Crippen LogP contribution in [0.4, 0.5) is 0 Å². The summed E-state index contributed by atoms with van der Waals surface area (Å²) < 4.78 is 28.1. The van der Waals surface area contributed by atoms with Gasteiger partial charge in [-0.1, -0.05) is 19.8 Å². The van der Waals surface area contributed by atoms with E-state index >= 15 is 0 Å². The maximum atomic E-state index is 12.1. The molecule has 0 aromatic carbocycles. The van der Waals surface area contributed by atoms with Crippen LogP contribution in [-0.4, -0.2) is 36.5 Å². The van der Waals surface area contributed by atoms with Gasteiger partial charge in [0.15, 0.2) is 5.03 Å². The highest BCUT2D eigenvalue weighted by molar-refractivity contribution is 7.89. The highest BCUT2D eigenvalue weighted by Gasteiger charge is 2.22. The molecular formula is C14H24N4O3S. The number of amides is 1. The van der Waals surface area contributed by atoms with Gasteiger partial charge in [0.1, 0.15) is 5.82 Å². The molecule has 1 aromatic rings. The van der Waals surface area contributed by atoms with Crippen LogP contribution in [-0.2, 0) is 21.9 Å². The van der Waals surface area contributed by atoms with Gasteiger partial charge in [-0.05, 0) is 25.7 Å². The Morgan fingerprint density at radius 3 is 2.77 bits per heavy atom. The number of nitrogens with zero attached hydrogens (tertiary/aromatic N) is 2. The van der Waals surface area contributed by atoms with Crippen molar-refractivity contribution in [2.75, 3.05) is 6.54 Å². The minimum absolute atomic E-state index is 0.0633. The van der Waals surface area contributed by atoms with Gasteiger partial charge in [-0.15, -0.1) is 0 Å². The molecule has 1 fully saturated rings. The number of carbonyl (C=O) groups excluding carboxylic acids is 1. The van der Waals surface area contributed by atoms with Gasteiger partial charge in [0.05, 0.1) is 6.54 Å². The molecule has 0 aliphatic heterocycles. The Balaban J connectivity index is 1.87. The summed E-state index contributed by atoms with van der Waals surface area (Å²) in [5.41, 5.74) is 0. The van der Waals surface area contributed by atoms with E-state index in [-0.39, 0.29) is 23.5 Å². The first-order valence-electron chi connectivity index (χ1n) is 7.57. The Labute approximate surface area is 131 Å². The molecule has 1 amide bonds. The van der Waals surface area contributed by atoms with Gasteiger partial charge in [-0.3, -0.25) is 4.79 Å². The SMILES string of the molecule is Cc1nc(S(=O)(=O)NCC(=O)N[C@@H]2CCC[C@@H](C)C2)cn1C. The zero-order valence-corrected chi connectivity index (χ0v) is 14.1. The van der Waals surface area contributed by atoms with E-state index in [1.165, 1.54) is 12.6 Å². The molecule has 0 radical (unpaired) electrons. The topological polar surface area (TPSA) is 93.1 Å². The number of nitrogens with one attached hydrogen (secondary N) is 2. The van der Waals surface area contributed by atoms with E-state index in [4.69, 9.17) is 0 Å². The highest BCUT2D eigenvalue weighted by atomic mass is 32.2. The van der Waals surface area contributed by atoms with Gasteiger partial charge in [-0.2, -0.15) is 0 Å². The highest BCUT2D eigenvalue weighted by Crippen LogP contribution is 2.23. The predicted molar refractivity (Wildman–Crippen MR) is 82.7 cm³/mol. The summed E-state index contributed by atoms with van der Waals surface area (Å²) in [5.74, 6) is 0.906. The summed E-state index contributed by atoms with van der Waals surface area (Å²) in [6, 6.07) is 0.151. The monoisotopic (exact) mass is 328 g/mol. The minimum Gasteiger partial charge on any atom is -0.352 e. The molecule has 1 aliphatic rings. The maximum Gasteiger partial charge on any atom is 0.260 e. The first-order valence-corrected chi connectivity index (χ1v) is 9.05. The normalized spacial score (nSPS) is 22.5. The summed E-state index contributed by atoms with van der Waals surface area (Å²) >= 11 is 0. The van der Waals surface area contributed by atoms with E-state index in [1.807, 2.05) is 0 Å². The van der Waals surface area contributed by atoms with Crippen LogP contribution in [0.3, 0.4) is 0 Å². The second-order valence-electron chi connectivity index (χ2n) is 6.10. The number of hydrogen-bond donors (Lipinski definition) is 2. The van der Waals surface area contributed by atoms with Crippen LogP contribution in [0.1, 0.15) is 38.4 Å². The van der Waals surface area contributed by atoms with Crippen molar-refractivity contribution in [1.82, 2.24) is 19.6 Å². The van der Waals surface area contributed by atoms with Gasteiger partial charge in [0.25, 0.3) is 10.0 Å². The van der Waals surface area contributed by atoms with Crippen molar-refractivity contribution < 1.29 is 13.2 Å². The van der Waals surface area contributed by atoms with Crippen molar-refractivity contribution >= 4 is 15.9 Å². The molecule has 1 heterocycles. The molecule has 0 saturated heterocycles. The second kappa shape index (κ2) is 6.78. The van der Waals surface area contributed by atoms with Crippen molar-refractivity contribution in [3.8, 4) is 0 Å². The van der Waals surface area contributed by atoms with E-state index in [9.17, 15) is 13.2 Å². The number of aromatic nitrogens is 2. The molecule has 2 atom stereocenters. The van der Waals surface area contributed by atoms with Crippen LogP contribution in [0, 0.1) is 12.8 Å². The lowest BCUT2D eigenvalue weighted by molar-refractivity contribution is -0.120. The molecule has 0 spiro atoms. The Kier molecular flexibility index (Phi) is 5.23. The summed E-state index contributed by atoms with van der Waals surface area (Å²) in [4.78, 5) is 15.9. The van der Waals surface area contributed by atoms with Crippen LogP contribution >= 0.6 is 0 Å². The molecular weight excluding hydrogens is 304 g/mol. The lowest BCUT2D eigenvalue weighted by Gasteiger charge is -2.27. The van der Waals surface area contributed by atoms with E-state index in [1.54, 1.807) is 18.5 Å². The first-order chi connectivity index (χ1) is 10.3. The first kappa shape index (κ1) is 17.0. The van der Waals surface area contributed by atoms with Gasteiger partial charge < -0.3 is 9.88 Å². The van der Waals surface area contributed by atoms with Gasteiger partial charge >= 0.3 is 0 Å². The Morgan fingerprint density at radius 1 is 1.45 bits per heavy atom. The van der Waals surface area contributed by atoms with E-state index in [0.717, 1.165) is 19.3 Å². The third-order valence-corrected chi connectivity index (χ3v) is 5.36. The van der Waals surface area contributed by atoms with Crippen molar-refractivity contribution in [3.05, 3.63) is 12.0 Å². The molecule has 22 heavy (non-hydrogen) atoms. The lowest BCUT2D eigenvalue weighted by atomic mass is 9.87. The van der Waals surface area contributed by atoms with Crippen LogP contribution in [0.15, 0.2) is 11.2 Å². The number of sulfonamides is 1. The maximum absolute atomic E-state index is 12.1. The predicted octanol–water partition coefficient (Wildman–Crippen LogP) is 0.702. The number of imidazole rings is 1. The Hall–Kier alpha value is -1.41. The third-order valence-electron chi connectivity index (χ3n) is 4.09. The van der Waals surface area contributed by atoms with E-state index in [0.29, 0.717) is 11.7 Å². The molecule has 124 valence electrons. The lowest BCUT2D eigenvalue weighted by Crippen LogP contribution is -2.43. The summed E-state index contributed by atoms with van der Waals surface area (Å²) in [7, 11) is -2.03. The standard InChI is InChI=1S/C14H24N4O3S/c1-10-5-4-6-12(7-10)17-13(19)8-15-22(20,21)14-9-18(3)11(2)16-14/h9-10,12,15H,4-8H2,1-3H3,(H,17,19)/t10-,12-/m1/s1. The quantitative estimate of drug-likeness (QED) is 0.832. The summed E-state index contributed by atoms with van der Waals surface area (Å²) in [6.45, 7) is 3.63. The fourth-order valence-corrected chi connectivity index (χ4v) is 3.75. The van der Waals surface area contributed by atoms with Crippen molar-refractivity contribution in [1.29, 1.82) is 0 Å². The fraction of sp³-hybridized carbons (Fsp3) is 0.714. The van der Waals surface area contributed by atoms with Crippen LogP contribution in [0.25, 0.3) is 0 Å². The molecule has 7 nitrogen and oxygen atoms in total. The molecule has 0 bridgehead atoms. The van der Waals surface area contributed by atoms with Gasteiger partial charge in [0, 0.05) is 19.3 Å². The zero-order chi connectivity index (χ0) is 16.3. The summed E-state index contributed by atoms with van der Waals surface area (Å²) in [5, 5.41) is 2.84. The Bertz CT molecular complexity index is 619. The molecule has 1 aliphatic carbocycles. The zero-order valence-electron chi connectivity index (χ0n) is 13.3. The molecule has 1 aromatic heterocycles. The fourth-order valence-electron chi connectivity index (χ4n) is 2.73. The van der Waals surface area contributed by atoms with E-state index < -0.39 is 10.0 Å². The number of hydrogen-bond acceptors (Lipinski definition) is 4. The van der Waals surface area contributed by atoms with E-state index in [2.05, 4.69) is 21.9 Å². The van der Waals surface area contributed by atoms with Gasteiger partial charge in [-0.25, -0.2) is 18.1 Å². The molecule has 8 heteroatoms. The second-order valence-corrected chi connectivity index (χ2v) is 7.81. The number of carbonyl (C=O) groups is 1. The van der Waals surface area contributed by atoms with Crippen LogP contribution < -0.4 is 10.0 Å². The minimum atomic E-state index is -3.75. The molecule has 2 N–H and O–H groups in total.